The van der Waals surface area contributed by atoms with Gasteiger partial charge in [-0.2, -0.15) is 5.10 Å². The highest BCUT2D eigenvalue weighted by Crippen LogP contribution is 2.22. The van der Waals surface area contributed by atoms with Crippen molar-refractivity contribution in [3.8, 4) is 5.69 Å². The largest absolute Gasteiger partial charge is 0.372 e. The third-order valence-corrected chi connectivity index (χ3v) is 5.30. The van der Waals surface area contributed by atoms with Crippen LogP contribution in [0.4, 0.5) is 11.4 Å². The number of hydrogen-bond donors (Lipinski definition) is 1. The molecule has 1 amide bonds. The van der Waals surface area contributed by atoms with Gasteiger partial charge in [0, 0.05) is 41.9 Å². The van der Waals surface area contributed by atoms with Crippen molar-refractivity contribution in [2.75, 3.05) is 23.3 Å². The van der Waals surface area contributed by atoms with Crippen molar-refractivity contribution < 1.29 is 4.79 Å². The fourth-order valence-corrected chi connectivity index (χ4v) is 3.68. The van der Waals surface area contributed by atoms with Crippen molar-refractivity contribution >= 4 is 17.3 Å². The Morgan fingerprint density at radius 2 is 1.50 bits per heavy atom. The summed E-state index contributed by atoms with van der Waals surface area (Å²) < 4.78 is 1.85. The van der Waals surface area contributed by atoms with Crippen LogP contribution in [0.25, 0.3) is 5.69 Å². The first-order valence-electron chi connectivity index (χ1n) is 9.98. The number of nitrogens with zero attached hydrogens (tertiary/aromatic N) is 3. The highest BCUT2D eigenvalue weighted by atomic mass is 16.1. The normalized spacial score (nSPS) is 14.5. The van der Waals surface area contributed by atoms with Gasteiger partial charge >= 0.3 is 0 Å². The van der Waals surface area contributed by atoms with Gasteiger partial charge in [-0.3, -0.25) is 4.79 Å². The van der Waals surface area contributed by atoms with Crippen LogP contribution in [0.1, 0.15) is 41.7 Å². The van der Waals surface area contributed by atoms with Gasteiger partial charge in [-0.25, -0.2) is 4.68 Å². The number of nitrogens with one attached hydrogen (secondary N) is 1. The summed E-state index contributed by atoms with van der Waals surface area (Å²) in [5, 5.41) is 7.28. The van der Waals surface area contributed by atoms with Crippen molar-refractivity contribution in [3.63, 3.8) is 0 Å². The van der Waals surface area contributed by atoms with Gasteiger partial charge in [0.15, 0.2) is 0 Å². The quantitative estimate of drug-likeness (QED) is 0.713. The monoisotopic (exact) mass is 374 g/mol. The molecule has 0 aliphatic carbocycles. The standard InChI is InChI=1S/C23H26N4O/c1-18-14-15-24-27(18)22-10-6-19(7-11-22)23(28)25-20-8-12-21(13-9-20)26-16-4-2-3-5-17-26/h6-15H,2-5,16-17H2,1H3,(H,25,28). The van der Waals surface area contributed by atoms with Crippen molar-refractivity contribution in [1.29, 1.82) is 0 Å². The molecule has 144 valence electrons. The molecule has 1 saturated heterocycles. The molecule has 3 aromatic rings. The average Bonchev–Trinajstić information content (AvgIpc) is 2.98. The minimum Gasteiger partial charge on any atom is -0.372 e. The molecule has 4 rings (SSSR count). The van der Waals surface area contributed by atoms with Crippen LogP contribution in [0, 0.1) is 6.92 Å². The number of rotatable bonds is 4. The summed E-state index contributed by atoms with van der Waals surface area (Å²) in [5.74, 6) is -0.105. The fourth-order valence-electron chi connectivity index (χ4n) is 3.68. The molecule has 0 spiro atoms. The second-order valence-corrected chi connectivity index (χ2v) is 7.33. The molecule has 2 heterocycles. The lowest BCUT2D eigenvalue weighted by Crippen LogP contribution is -2.23. The predicted molar refractivity (Wildman–Crippen MR) is 113 cm³/mol. The number of carbonyl (C=O) groups excluding carboxylic acids is 1. The molecule has 28 heavy (non-hydrogen) atoms. The molecule has 1 N–H and O–H groups in total. The van der Waals surface area contributed by atoms with E-state index in [2.05, 4.69) is 27.4 Å². The van der Waals surface area contributed by atoms with Gasteiger partial charge in [0.25, 0.3) is 5.91 Å². The summed E-state index contributed by atoms with van der Waals surface area (Å²) in [6.07, 6.45) is 6.93. The lowest BCUT2D eigenvalue weighted by molar-refractivity contribution is 0.102. The van der Waals surface area contributed by atoms with E-state index < -0.39 is 0 Å². The van der Waals surface area contributed by atoms with E-state index in [1.807, 2.05) is 54.1 Å². The van der Waals surface area contributed by atoms with Gasteiger partial charge in [0.1, 0.15) is 0 Å². The van der Waals surface area contributed by atoms with Gasteiger partial charge in [0.2, 0.25) is 0 Å². The van der Waals surface area contributed by atoms with E-state index in [4.69, 9.17) is 0 Å². The molecular formula is C23H26N4O. The van der Waals surface area contributed by atoms with E-state index in [9.17, 15) is 4.79 Å². The van der Waals surface area contributed by atoms with Gasteiger partial charge in [-0.1, -0.05) is 12.8 Å². The molecule has 0 radical (unpaired) electrons. The lowest BCUT2D eigenvalue weighted by atomic mass is 10.2. The molecule has 0 bridgehead atoms. The van der Waals surface area contributed by atoms with Crippen LogP contribution in [-0.2, 0) is 0 Å². The maximum Gasteiger partial charge on any atom is 0.255 e. The zero-order valence-electron chi connectivity index (χ0n) is 16.3. The van der Waals surface area contributed by atoms with Crippen molar-refractivity contribution in [2.45, 2.75) is 32.6 Å². The summed E-state index contributed by atoms with van der Waals surface area (Å²) in [7, 11) is 0. The summed E-state index contributed by atoms with van der Waals surface area (Å²) in [6.45, 7) is 4.24. The van der Waals surface area contributed by atoms with E-state index in [1.165, 1.54) is 31.4 Å². The predicted octanol–water partition coefficient (Wildman–Crippen LogP) is 4.81. The van der Waals surface area contributed by atoms with Crippen LogP contribution in [0.3, 0.4) is 0 Å². The smallest absolute Gasteiger partial charge is 0.255 e. The third-order valence-electron chi connectivity index (χ3n) is 5.30. The van der Waals surface area contributed by atoms with E-state index in [-0.39, 0.29) is 5.91 Å². The van der Waals surface area contributed by atoms with Gasteiger partial charge < -0.3 is 10.2 Å². The number of carbonyl (C=O) groups is 1. The Bertz CT molecular complexity index is 920. The minimum absolute atomic E-state index is 0.105. The third kappa shape index (κ3) is 4.09. The van der Waals surface area contributed by atoms with E-state index in [0.717, 1.165) is 30.2 Å². The SMILES string of the molecule is Cc1ccnn1-c1ccc(C(=O)Nc2ccc(N3CCCCCC3)cc2)cc1. The molecular weight excluding hydrogens is 348 g/mol. The van der Waals surface area contributed by atoms with E-state index in [0.29, 0.717) is 5.56 Å². The molecule has 0 saturated carbocycles. The van der Waals surface area contributed by atoms with Crippen molar-refractivity contribution in [3.05, 3.63) is 72.1 Å². The number of aryl methyl sites for hydroxylation is 1. The molecule has 5 heteroatoms. The summed E-state index contributed by atoms with van der Waals surface area (Å²) >= 11 is 0. The van der Waals surface area contributed by atoms with E-state index >= 15 is 0 Å². The topological polar surface area (TPSA) is 50.2 Å². The Morgan fingerprint density at radius 3 is 2.11 bits per heavy atom. The highest BCUT2D eigenvalue weighted by molar-refractivity contribution is 6.04. The zero-order valence-corrected chi connectivity index (χ0v) is 16.3. The van der Waals surface area contributed by atoms with E-state index in [1.54, 1.807) is 6.20 Å². The number of anilines is 2. The summed E-state index contributed by atoms with van der Waals surface area (Å²) in [4.78, 5) is 15.0. The summed E-state index contributed by atoms with van der Waals surface area (Å²) in [6, 6.07) is 17.6. The highest BCUT2D eigenvalue weighted by Gasteiger charge is 2.11. The Balaban J connectivity index is 1.41. The van der Waals surface area contributed by atoms with Crippen LogP contribution in [0.2, 0.25) is 0 Å². The van der Waals surface area contributed by atoms with Gasteiger partial charge in [-0.15, -0.1) is 0 Å². The Kier molecular flexibility index (Phi) is 5.42. The number of aromatic nitrogens is 2. The number of benzene rings is 2. The first-order chi connectivity index (χ1) is 13.7. The van der Waals surface area contributed by atoms with Crippen LogP contribution in [0.5, 0.6) is 0 Å². The van der Waals surface area contributed by atoms with Crippen LogP contribution >= 0.6 is 0 Å². The minimum atomic E-state index is -0.105. The molecule has 5 nitrogen and oxygen atoms in total. The Morgan fingerprint density at radius 1 is 0.857 bits per heavy atom. The number of hydrogen-bond acceptors (Lipinski definition) is 3. The Hall–Kier alpha value is -3.08. The molecule has 1 aromatic heterocycles. The molecule has 0 atom stereocenters. The average molecular weight is 374 g/mol. The second-order valence-electron chi connectivity index (χ2n) is 7.33. The van der Waals surface area contributed by atoms with Gasteiger partial charge in [0.05, 0.1) is 5.69 Å². The Labute approximate surface area is 166 Å². The fraction of sp³-hybridized carbons (Fsp3) is 0.304. The van der Waals surface area contributed by atoms with Crippen molar-refractivity contribution in [1.82, 2.24) is 9.78 Å². The summed E-state index contributed by atoms with van der Waals surface area (Å²) in [5.41, 5.74) is 4.68. The molecule has 1 aliphatic rings. The first-order valence-corrected chi connectivity index (χ1v) is 9.98. The maximum absolute atomic E-state index is 12.6. The molecule has 0 unspecified atom stereocenters. The lowest BCUT2D eigenvalue weighted by Gasteiger charge is -2.22. The molecule has 2 aromatic carbocycles. The van der Waals surface area contributed by atoms with Gasteiger partial charge in [-0.05, 0) is 74.4 Å². The maximum atomic E-state index is 12.6. The molecule has 1 aliphatic heterocycles. The first kappa shape index (κ1) is 18.3. The van der Waals surface area contributed by atoms with Crippen LogP contribution < -0.4 is 10.2 Å². The van der Waals surface area contributed by atoms with Crippen LogP contribution in [0.15, 0.2) is 60.8 Å². The van der Waals surface area contributed by atoms with Crippen LogP contribution in [-0.4, -0.2) is 28.8 Å². The number of amides is 1. The van der Waals surface area contributed by atoms with Crippen molar-refractivity contribution in [2.24, 2.45) is 0 Å². The molecule has 1 fully saturated rings. The zero-order chi connectivity index (χ0) is 19.3. The second kappa shape index (κ2) is 8.30.